The number of nitrogens with one attached hydrogen (secondary N) is 2. The van der Waals surface area contributed by atoms with Crippen LogP contribution in [-0.2, 0) is 26.8 Å². The molecule has 0 aliphatic carbocycles. The molecule has 1 amide bonds. The second kappa shape index (κ2) is 8.30. The lowest BCUT2D eigenvalue weighted by molar-refractivity contribution is -0.124. The van der Waals surface area contributed by atoms with Crippen LogP contribution in [0.1, 0.15) is 22.4 Å². The third kappa shape index (κ3) is 4.44. The highest BCUT2D eigenvalue weighted by molar-refractivity contribution is 7.92. The number of aliphatic hydroxyl groups excluding tert-OH is 1. The van der Waals surface area contributed by atoms with Crippen molar-refractivity contribution in [2.75, 3.05) is 13.2 Å². The summed E-state index contributed by atoms with van der Waals surface area (Å²) in [6, 6.07) is 7.46. The van der Waals surface area contributed by atoms with Crippen LogP contribution in [0.25, 0.3) is 6.08 Å². The van der Waals surface area contributed by atoms with E-state index in [2.05, 4.69) is 10.0 Å². The smallest absolute Gasteiger partial charge is 0.246 e. The summed E-state index contributed by atoms with van der Waals surface area (Å²) in [6.45, 7) is 0.0675. The zero-order valence-electron chi connectivity index (χ0n) is 14.6. The molecule has 1 aliphatic heterocycles. The first kappa shape index (κ1) is 20.9. The van der Waals surface area contributed by atoms with E-state index >= 15 is 0 Å². The number of hydrogen-bond donors (Lipinski definition) is 3. The Morgan fingerprint density at radius 1 is 1.36 bits per heavy atom. The van der Waals surface area contributed by atoms with Gasteiger partial charge in [-0.15, -0.1) is 11.3 Å². The Kier molecular flexibility index (Phi) is 6.21. The molecular weight excluding hydrogens is 427 g/mol. The van der Waals surface area contributed by atoms with Gasteiger partial charge in [0, 0.05) is 29.0 Å². The predicted molar refractivity (Wildman–Crippen MR) is 107 cm³/mol. The summed E-state index contributed by atoms with van der Waals surface area (Å²) in [4.78, 5) is 13.2. The Labute approximate surface area is 171 Å². The predicted octanol–water partition coefficient (Wildman–Crippen LogP) is 2.38. The highest BCUT2D eigenvalue weighted by Crippen LogP contribution is 2.33. The standard InChI is InChI=1S/C18H18ClFN2O4S2/c19-16-4-2-13(27-16)6-10-28(25,26)22-18(7-8-21-17(18)24)14-3-1-12(5-9-23)11-15(14)20/h1-4,6,10-11,22-23H,5,7-9H2,(H,21,24)/b10-6+/t18-/m0/s1. The summed E-state index contributed by atoms with van der Waals surface area (Å²) in [6.07, 6.45) is 1.69. The van der Waals surface area contributed by atoms with Crippen molar-refractivity contribution in [1.82, 2.24) is 10.0 Å². The van der Waals surface area contributed by atoms with Crippen molar-refractivity contribution in [3.63, 3.8) is 0 Å². The number of halogens is 2. The lowest BCUT2D eigenvalue weighted by atomic mass is 9.88. The molecule has 3 N–H and O–H groups in total. The van der Waals surface area contributed by atoms with Crippen LogP contribution < -0.4 is 10.0 Å². The van der Waals surface area contributed by atoms with Gasteiger partial charge in [-0.1, -0.05) is 23.7 Å². The van der Waals surface area contributed by atoms with Gasteiger partial charge in [0.15, 0.2) is 0 Å². The molecule has 1 aliphatic rings. The molecule has 150 valence electrons. The summed E-state index contributed by atoms with van der Waals surface area (Å²) in [5, 5.41) is 12.5. The van der Waals surface area contributed by atoms with Crippen molar-refractivity contribution < 1.29 is 22.7 Å². The van der Waals surface area contributed by atoms with E-state index in [1.54, 1.807) is 18.2 Å². The van der Waals surface area contributed by atoms with Gasteiger partial charge in [-0.3, -0.25) is 4.79 Å². The lowest BCUT2D eigenvalue weighted by Crippen LogP contribution is -2.50. The summed E-state index contributed by atoms with van der Waals surface area (Å²) < 4.78 is 42.8. The molecular formula is C18H18ClFN2O4S2. The number of sulfonamides is 1. The first-order chi connectivity index (χ1) is 13.3. The molecule has 1 saturated heterocycles. The van der Waals surface area contributed by atoms with Gasteiger partial charge in [0.1, 0.15) is 11.4 Å². The van der Waals surface area contributed by atoms with E-state index < -0.39 is 27.3 Å². The van der Waals surface area contributed by atoms with Crippen molar-refractivity contribution in [3.05, 3.63) is 61.9 Å². The number of amides is 1. The Balaban J connectivity index is 1.94. The van der Waals surface area contributed by atoms with Crippen LogP contribution in [0.2, 0.25) is 4.34 Å². The van der Waals surface area contributed by atoms with Gasteiger partial charge in [-0.2, -0.15) is 4.72 Å². The van der Waals surface area contributed by atoms with Crippen molar-refractivity contribution >= 4 is 44.9 Å². The van der Waals surface area contributed by atoms with E-state index in [-0.39, 0.29) is 31.6 Å². The van der Waals surface area contributed by atoms with Gasteiger partial charge >= 0.3 is 0 Å². The molecule has 0 saturated carbocycles. The van der Waals surface area contributed by atoms with E-state index in [1.807, 2.05) is 0 Å². The van der Waals surface area contributed by atoms with Crippen molar-refractivity contribution in [2.45, 2.75) is 18.4 Å². The minimum atomic E-state index is -4.07. The zero-order chi connectivity index (χ0) is 20.4. The molecule has 2 heterocycles. The fourth-order valence-electron chi connectivity index (χ4n) is 3.08. The van der Waals surface area contributed by atoms with Gasteiger partial charge < -0.3 is 10.4 Å². The number of benzene rings is 1. The first-order valence-electron chi connectivity index (χ1n) is 8.41. The summed E-state index contributed by atoms with van der Waals surface area (Å²) in [7, 11) is -4.07. The van der Waals surface area contributed by atoms with Crippen molar-refractivity contribution in [3.8, 4) is 0 Å². The monoisotopic (exact) mass is 444 g/mol. The maximum atomic E-state index is 14.7. The van der Waals surface area contributed by atoms with E-state index in [1.165, 1.54) is 29.5 Å². The second-order valence-corrected chi connectivity index (χ2v) is 9.60. The first-order valence-corrected chi connectivity index (χ1v) is 11.2. The molecule has 1 aromatic heterocycles. The average molecular weight is 445 g/mol. The van der Waals surface area contributed by atoms with Crippen molar-refractivity contribution in [1.29, 1.82) is 0 Å². The normalized spacial score (nSPS) is 20.0. The van der Waals surface area contributed by atoms with Crippen LogP contribution in [0.3, 0.4) is 0 Å². The summed E-state index contributed by atoms with van der Waals surface area (Å²) >= 11 is 7.03. The maximum Gasteiger partial charge on any atom is 0.246 e. The van der Waals surface area contributed by atoms with Crippen LogP contribution in [0.15, 0.2) is 35.7 Å². The van der Waals surface area contributed by atoms with E-state index in [9.17, 15) is 17.6 Å². The topological polar surface area (TPSA) is 95.5 Å². The number of rotatable bonds is 7. The summed E-state index contributed by atoms with van der Waals surface area (Å²) in [5.41, 5.74) is -1.24. The van der Waals surface area contributed by atoms with Crippen molar-refractivity contribution in [2.24, 2.45) is 0 Å². The molecule has 10 heteroatoms. The van der Waals surface area contributed by atoms with Crippen LogP contribution in [0.4, 0.5) is 4.39 Å². The van der Waals surface area contributed by atoms with Crippen LogP contribution in [-0.4, -0.2) is 32.6 Å². The Bertz CT molecular complexity index is 1020. The summed E-state index contributed by atoms with van der Waals surface area (Å²) in [5.74, 6) is -1.32. The molecule has 1 atom stereocenters. The third-order valence-electron chi connectivity index (χ3n) is 4.39. The minimum Gasteiger partial charge on any atom is -0.396 e. The van der Waals surface area contributed by atoms with Crippen LogP contribution in [0.5, 0.6) is 0 Å². The highest BCUT2D eigenvalue weighted by Gasteiger charge is 2.48. The third-order valence-corrected chi connectivity index (χ3v) is 6.71. The molecule has 1 fully saturated rings. The maximum absolute atomic E-state index is 14.7. The molecule has 0 radical (unpaired) electrons. The lowest BCUT2D eigenvalue weighted by Gasteiger charge is -2.27. The second-order valence-electron chi connectivity index (χ2n) is 6.29. The van der Waals surface area contributed by atoms with Crippen LogP contribution >= 0.6 is 22.9 Å². The largest absolute Gasteiger partial charge is 0.396 e. The molecule has 28 heavy (non-hydrogen) atoms. The fraction of sp³-hybridized carbons (Fsp3) is 0.278. The van der Waals surface area contributed by atoms with Crippen LogP contribution in [0, 0.1) is 5.82 Å². The van der Waals surface area contributed by atoms with Gasteiger partial charge in [0.2, 0.25) is 15.9 Å². The number of hydrogen-bond acceptors (Lipinski definition) is 5. The van der Waals surface area contributed by atoms with E-state index in [4.69, 9.17) is 16.7 Å². The van der Waals surface area contributed by atoms with Gasteiger partial charge in [-0.25, -0.2) is 12.8 Å². The van der Waals surface area contributed by atoms with Gasteiger partial charge in [0.25, 0.3) is 0 Å². The Morgan fingerprint density at radius 3 is 2.71 bits per heavy atom. The van der Waals surface area contributed by atoms with E-state index in [0.29, 0.717) is 14.8 Å². The molecule has 3 rings (SSSR count). The molecule has 0 unspecified atom stereocenters. The zero-order valence-corrected chi connectivity index (χ0v) is 17.0. The number of carbonyl (C=O) groups excluding carboxylic acids is 1. The molecule has 6 nitrogen and oxygen atoms in total. The SMILES string of the molecule is O=C1NCC[C@]1(NS(=O)(=O)/C=C/c1ccc(Cl)s1)c1ccc(CCO)cc1F. The van der Waals surface area contributed by atoms with Gasteiger partial charge in [0.05, 0.1) is 4.34 Å². The number of thiophene rings is 1. The number of aliphatic hydroxyl groups is 1. The molecule has 0 bridgehead atoms. The fourth-order valence-corrected chi connectivity index (χ4v) is 5.31. The molecule has 0 spiro atoms. The molecule has 2 aromatic rings. The Hall–Kier alpha value is -1.78. The quantitative estimate of drug-likeness (QED) is 0.611. The average Bonchev–Trinajstić information content (AvgIpc) is 3.20. The Morgan fingerprint density at radius 2 is 2.14 bits per heavy atom. The number of carbonyl (C=O) groups is 1. The van der Waals surface area contributed by atoms with E-state index in [0.717, 1.165) is 5.41 Å². The highest BCUT2D eigenvalue weighted by atomic mass is 35.5. The molecule has 1 aromatic carbocycles. The van der Waals surface area contributed by atoms with Gasteiger partial charge in [-0.05, 0) is 42.7 Å². The minimum absolute atomic E-state index is 0.0552.